The third-order valence-electron chi connectivity index (χ3n) is 4.40. The predicted molar refractivity (Wildman–Crippen MR) is 76.8 cm³/mol. The Hall–Kier alpha value is -1.84. The number of aryl methyl sites for hydroxylation is 1. The highest BCUT2D eigenvalue weighted by atomic mass is 16.4. The van der Waals surface area contributed by atoms with E-state index in [1.54, 1.807) is 4.90 Å². The molecule has 4 heteroatoms. The number of hydrogen-bond acceptors (Lipinski definition) is 2. The summed E-state index contributed by atoms with van der Waals surface area (Å²) in [5.74, 6) is -1.32. The molecule has 4 nitrogen and oxygen atoms in total. The fourth-order valence-electron chi connectivity index (χ4n) is 2.90. The molecular formula is C16H21NO3. The highest BCUT2D eigenvalue weighted by molar-refractivity contribution is 5.96. The normalized spacial score (nSPS) is 22.6. The minimum Gasteiger partial charge on any atom is -0.481 e. The highest BCUT2D eigenvalue weighted by Crippen LogP contribution is 2.26. The number of carboxylic acid groups (broad SMARTS) is 1. The van der Waals surface area contributed by atoms with Crippen LogP contribution < -0.4 is 0 Å². The van der Waals surface area contributed by atoms with Gasteiger partial charge in [0.1, 0.15) is 0 Å². The van der Waals surface area contributed by atoms with Crippen molar-refractivity contribution >= 4 is 11.9 Å². The number of nitrogens with zero attached hydrogens (tertiary/aromatic N) is 1. The first kappa shape index (κ1) is 14.6. The number of carboxylic acids is 1. The molecule has 1 heterocycles. The number of hydrogen-bond donors (Lipinski definition) is 1. The lowest BCUT2D eigenvalue weighted by Crippen LogP contribution is -2.49. The molecule has 0 radical (unpaired) electrons. The van der Waals surface area contributed by atoms with Gasteiger partial charge in [-0.05, 0) is 50.8 Å². The number of carbonyl (C=O) groups is 2. The Labute approximate surface area is 119 Å². The van der Waals surface area contributed by atoms with E-state index in [1.165, 1.54) is 0 Å². The van der Waals surface area contributed by atoms with Gasteiger partial charge in [-0.3, -0.25) is 9.59 Å². The molecule has 0 unspecified atom stereocenters. The maximum absolute atomic E-state index is 12.7. The predicted octanol–water partition coefficient (Wildman–Crippen LogP) is 2.63. The van der Waals surface area contributed by atoms with Gasteiger partial charge in [-0.1, -0.05) is 12.1 Å². The summed E-state index contributed by atoms with van der Waals surface area (Å²) in [6, 6.07) is 5.42. The Morgan fingerprint density at radius 2 is 2.00 bits per heavy atom. The van der Waals surface area contributed by atoms with Crippen molar-refractivity contribution in [1.82, 2.24) is 4.90 Å². The van der Waals surface area contributed by atoms with Crippen LogP contribution in [0, 0.1) is 19.8 Å². The summed E-state index contributed by atoms with van der Waals surface area (Å²) < 4.78 is 0. The van der Waals surface area contributed by atoms with E-state index in [4.69, 9.17) is 0 Å². The number of rotatable bonds is 2. The molecule has 1 amide bonds. The number of aliphatic carboxylic acids is 1. The molecule has 1 aromatic carbocycles. The smallest absolute Gasteiger partial charge is 0.308 e. The zero-order valence-electron chi connectivity index (χ0n) is 12.2. The topological polar surface area (TPSA) is 57.6 Å². The van der Waals surface area contributed by atoms with Crippen LogP contribution >= 0.6 is 0 Å². The van der Waals surface area contributed by atoms with Crippen LogP contribution in [0.5, 0.6) is 0 Å². The first-order chi connectivity index (χ1) is 9.43. The van der Waals surface area contributed by atoms with E-state index in [0.717, 1.165) is 17.5 Å². The first-order valence-electron chi connectivity index (χ1n) is 7.03. The Morgan fingerprint density at radius 3 is 2.65 bits per heavy atom. The second-order valence-electron chi connectivity index (χ2n) is 5.57. The van der Waals surface area contributed by atoms with Gasteiger partial charge < -0.3 is 10.0 Å². The van der Waals surface area contributed by atoms with Gasteiger partial charge in [0.25, 0.3) is 5.91 Å². The highest BCUT2D eigenvalue weighted by Gasteiger charge is 2.35. The monoisotopic (exact) mass is 275 g/mol. The molecule has 2 rings (SSSR count). The molecule has 2 atom stereocenters. The van der Waals surface area contributed by atoms with Crippen molar-refractivity contribution in [3.8, 4) is 0 Å². The van der Waals surface area contributed by atoms with Gasteiger partial charge in [-0.2, -0.15) is 0 Å². The van der Waals surface area contributed by atoms with Crippen LogP contribution in [0.3, 0.4) is 0 Å². The lowest BCUT2D eigenvalue weighted by Gasteiger charge is -2.37. The Kier molecular flexibility index (Phi) is 4.12. The number of likely N-dealkylation sites (tertiary alicyclic amines) is 1. The van der Waals surface area contributed by atoms with Crippen LogP contribution in [0.4, 0.5) is 0 Å². The molecule has 0 bridgehead atoms. The molecule has 1 fully saturated rings. The van der Waals surface area contributed by atoms with Crippen molar-refractivity contribution in [3.63, 3.8) is 0 Å². The zero-order chi connectivity index (χ0) is 14.9. The fourth-order valence-corrected chi connectivity index (χ4v) is 2.90. The summed E-state index contributed by atoms with van der Waals surface area (Å²) in [6.07, 6.45) is 1.39. The Balaban J connectivity index is 2.28. The SMILES string of the molecule is Cc1cccc(C(=O)N2CCC[C@@H](C(=O)O)[C@H]2C)c1C. The molecule has 0 aromatic heterocycles. The largest absolute Gasteiger partial charge is 0.481 e. The van der Waals surface area contributed by atoms with Crippen LogP contribution in [-0.4, -0.2) is 34.5 Å². The molecule has 0 saturated carbocycles. The molecule has 1 aromatic rings. The van der Waals surface area contributed by atoms with E-state index in [-0.39, 0.29) is 11.9 Å². The van der Waals surface area contributed by atoms with Crippen LogP contribution in [0.15, 0.2) is 18.2 Å². The van der Waals surface area contributed by atoms with E-state index < -0.39 is 11.9 Å². The van der Waals surface area contributed by atoms with Crippen LogP contribution in [0.25, 0.3) is 0 Å². The van der Waals surface area contributed by atoms with Crippen molar-refractivity contribution in [2.75, 3.05) is 6.54 Å². The number of benzene rings is 1. The van der Waals surface area contributed by atoms with Crippen molar-refractivity contribution in [2.24, 2.45) is 5.92 Å². The van der Waals surface area contributed by atoms with E-state index in [0.29, 0.717) is 18.5 Å². The van der Waals surface area contributed by atoms with Crippen molar-refractivity contribution < 1.29 is 14.7 Å². The zero-order valence-corrected chi connectivity index (χ0v) is 12.2. The Morgan fingerprint density at radius 1 is 1.30 bits per heavy atom. The van der Waals surface area contributed by atoms with Gasteiger partial charge in [-0.15, -0.1) is 0 Å². The maximum atomic E-state index is 12.7. The maximum Gasteiger partial charge on any atom is 0.308 e. The number of carbonyl (C=O) groups excluding carboxylic acids is 1. The molecule has 1 N–H and O–H groups in total. The number of piperidine rings is 1. The first-order valence-corrected chi connectivity index (χ1v) is 7.03. The average Bonchev–Trinajstić information content (AvgIpc) is 2.41. The minimum atomic E-state index is -0.809. The van der Waals surface area contributed by atoms with Crippen LogP contribution in [0.2, 0.25) is 0 Å². The van der Waals surface area contributed by atoms with E-state index in [9.17, 15) is 14.7 Å². The van der Waals surface area contributed by atoms with Crippen molar-refractivity contribution in [2.45, 2.75) is 39.7 Å². The number of amides is 1. The summed E-state index contributed by atoms with van der Waals surface area (Å²) in [6.45, 7) is 6.38. The van der Waals surface area contributed by atoms with Gasteiger partial charge in [0.05, 0.1) is 5.92 Å². The fraction of sp³-hybridized carbons (Fsp3) is 0.500. The molecule has 20 heavy (non-hydrogen) atoms. The van der Waals surface area contributed by atoms with Gasteiger partial charge >= 0.3 is 5.97 Å². The second kappa shape index (κ2) is 5.65. The van der Waals surface area contributed by atoms with Crippen molar-refractivity contribution in [3.05, 3.63) is 34.9 Å². The molecule has 0 aliphatic carbocycles. The summed E-state index contributed by atoms with van der Waals surface area (Å²) in [5, 5.41) is 9.24. The van der Waals surface area contributed by atoms with Gasteiger partial charge in [0.2, 0.25) is 0 Å². The summed E-state index contributed by atoms with van der Waals surface area (Å²) in [4.78, 5) is 25.6. The lowest BCUT2D eigenvalue weighted by atomic mass is 9.89. The van der Waals surface area contributed by atoms with Gasteiger partial charge in [-0.25, -0.2) is 0 Å². The molecular weight excluding hydrogens is 254 g/mol. The van der Waals surface area contributed by atoms with Crippen LogP contribution in [-0.2, 0) is 4.79 Å². The molecule has 1 aliphatic rings. The van der Waals surface area contributed by atoms with E-state index in [2.05, 4.69) is 0 Å². The van der Waals surface area contributed by atoms with E-state index >= 15 is 0 Å². The molecule has 108 valence electrons. The third-order valence-corrected chi connectivity index (χ3v) is 4.40. The molecule has 0 spiro atoms. The van der Waals surface area contributed by atoms with E-state index in [1.807, 2.05) is 39.0 Å². The third kappa shape index (κ3) is 2.55. The lowest BCUT2D eigenvalue weighted by molar-refractivity contribution is -0.144. The molecule has 1 aliphatic heterocycles. The second-order valence-corrected chi connectivity index (χ2v) is 5.57. The molecule has 1 saturated heterocycles. The summed E-state index contributed by atoms with van der Waals surface area (Å²) >= 11 is 0. The van der Waals surface area contributed by atoms with Gasteiger partial charge in [0.15, 0.2) is 0 Å². The van der Waals surface area contributed by atoms with Crippen molar-refractivity contribution in [1.29, 1.82) is 0 Å². The van der Waals surface area contributed by atoms with Gasteiger partial charge in [0, 0.05) is 18.2 Å². The Bertz CT molecular complexity index is 539. The standard InChI is InChI=1S/C16H21NO3/c1-10-6-4-7-13(11(10)2)15(18)17-9-5-8-14(12(17)3)16(19)20/h4,6-7,12,14H,5,8-9H2,1-3H3,(H,19,20)/t12-,14-/m1/s1. The minimum absolute atomic E-state index is 0.0512. The summed E-state index contributed by atoms with van der Waals surface area (Å²) in [5.41, 5.74) is 2.74. The van der Waals surface area contributed by atoms with Crippen LogP contribution in [0.1, 0.15) is 41.3 Å². The quantitative estimate of drug-likeness (QED) is 0.902. The average molecular weight is 275 g/mol. The summed E-state index contributed by atoms with van der Waals surface area (Å²) in [7, 11) is 0.